The summed E-state index contributed by atoms with van der Waals surface area (Å²) < 4.78 is 0. The lowest BCUT2D eigenvalue weighted by atomic mass is 10.1. The molecule has 5 nitrogen and oxygen atoms in total. The van der Waals surface area contributed by atoms with E-state index in [2.05, 4.69) is 10.2 Å². The third kappa shape index (κ3) is 4.03. The van der Waals surface area contributed by atoms with E-state index < -0.39 is 5.97 Å². The van der Waals surface area contributed by atoms with E-state index in [1.54, 1.807) is 18.2 Å². The van der Waals surface area contributed by atoms with Gasteiger partial charge in [0.15, 0.2) is 0 Å². The third-order valence-electron chi connectivity index (χ3n) is 2.84. The highest BCUT2D eigenvalue weighted by Gasteiger charge is 2.07. The number of carboxylic acids is 1. The summed E-state index contributed by atoms with van der Waals surface area (Å²) in [6.45, 7) is 1.89. The number of aryl methyl sites for hydroxylation is 1. The topological polar surface area (TPSA) is 82.2 Å². The number of nitrogens with zero attached hydrogens (tertiary/aromatic N) is 2. The van der Waals surface area contributed by atoms with Crippen molar-refractivity contribution in [2.45, 2.75) is 13.3 Å². The van der Waals surface area contributed by atoms with E-state index in [-0.39, 0.29) is 12.2 Å². The number of aromatic hydroxyl groups is 1. The maximum atomic E-state index is 10.7. The summed E-state index contributed by atoms with van der Waals surface area (Å²) in [5.74, 6) is -1.10. The average Bonchev–Trinajstić information content (AvgIpc) is 2.43. The van der Waals surface area contributed by atoms with Crippen LogP contribution in [0.5, 0.6) is 5.75 Å². The van der Waals surface area contributed by atoms with Crippen molar-refractivity contribution >= 4 is 28.9 Å². The minimum absolute atomic E-state index is 0.0743. The zero-order valence-corrected chi connectivity index (χ0v) is 12.0. The lowest BCUT2D eigenvalue weighted by Gasteiger charge is -2.02. The maximum Gasteiger partial charge on any atom is 0.307 e. The standard InChI is InChI=1S/C15H13ClN2O3/c1-9-2-3-12(8-13(9)16)18-17-11-4-5-14(19)10(6-11)7-15(20)21/h2-6,8,19H,7H2,1H3,(H,20,21)/b18-17+. The molecule has 0 radical (unpaired) electrons. The quantitative estimate of drug-likeness (QED) is 0.821. The molecule has 0 aromatic heterocycles. The van der Waals surface area contributed by atoms with E-state index in [0.29, 0.717) is 22.0 Å². The van der Waals surface area contributed by atoms with Crippen molar-refractivity contribution in [1.82, 2.24) is 0 Å². The Hall–Kier alpha value is -2.40. The first kappa shape index (κ1) is 15.0. The Morgan fingerprint density at radius 1 is 1.14 bits per heavy atom. The van der Waals surface area contributed by atoms with Crippen LogP contribution in [0.4, 0.5) is 11.4 Å². The zero-order chi connectivity index (χ0) is 15.4. The Labute approximate surface area is 126 Å². The number of rotatable bonds is 4. The van der Waals surface area contributed by atoms with Gasteiger partial charge in [-0.2, -0.15) is 10.2 Å². The van der Waals surface area contributed by atoms with Crippen LogP contribution in [0.25, 0.3) is 0 Å². The summed E-state index contributed by atoms with van der Waals surface area (Å²) in [6.07, 6.45) is -0.272. The van der Waals surface area contributed by atoms with Crippen LogP contribution in [0.15, 0.2) is 46.6 Å². The zero-order valence-electron chi connectivity index (χ0n) is 11.2. The first-order chi connectivity index (χ1) is 9.95. The smallest absolute Gasteiger partial charge is 0.307 e. The second kappa shape index (κ2) is 6.37. The number of aliphatic carboxylic acids is 1. The Kier molecular flexibility index (Phi) is 4.55. The highest BCUT2D eigenvalue weighted by Crippen LogP contribution is 2.27. The molecule has 0 fully saturated rings. The first-order valence-corrected chi connectivity index (χ1v) is 6.55. The highest BCUT2D eigenvalue weighted by molar-refractivity contribution is 6.31. The minimum Gasteiger partial charge on any atom is -0.508 e. The third-order valence-corrected chi connectivity index (χ3v) is 3.25. The maximum absolute atomic E-state index is 10.7. The predicted octanol–water partition coefficient (Wildman–Crippen LogP) is 4.40. The number of carbonyl (C=O) groups is 1. The molecule has 0 spiro atoms. The molecule has 0 bridgehead atoms. The van der Waals surface area contributed by atoms with Gasteiger partial charge < -0.3 is 10.2 Å². The van der Waals surface area contributed by atoms with E-state index in [9.17, 15) is 9.90 Å². The summed E-state index contributed by atoms with van der Waals surface area (Å²) in [4.78, 5) is 10.7. The monoisotopic (exact) mass is 304 g/mol. The van der Waals surface area contributed by atoms with Gasteiger partial charge in [0, 0.05) is 10.6 Å². The molecule has 6 heteroatoms. The molecule has 0 saturated carbocycles. The van der Waals surface area contributed by atoms with E-state index in [1.165, 1.54) is 12.1 Å². The lowest BCUT2D eigenvalue weighted by Crippen LogP contribution is -1.99. The molecule has 0 heterocycles. The Balaban J connectivity index is 2.24. The molecule has 2 aromatic rings. The van der Waals surface area contributed by atoms with Gasteiger partial charge in [-0.05, 0) is 42.8 Å². The Morgan fingerprint density at radius 2 is 1.76 bits per heavy atom. The molecule has 108 valence electrons. The molecule has 0 aliphatic carbocycles. The number of halogens is 1. The summed E-state index contributed by atoms with van der Waals surface area (Å²) in [6, 6.07) is 9.75. The van der Waals surface area contributed by atoms with E-state index in [1.807, 2.05) is 13.0 Å². The first-order valence-electron chi connectivity index (χ1n) is 6.17. The van der Waals surface area contributed by atoms with Gasteiger partial charge in [-0.15, -0.1) is 0 Å². The normalized spacial score (nSPS) is 11.0. The number of hydrogen-bond donors (Lipinski definition) is 2. The number of carboxylic acid groups (broad SMARTS) is 1. The van der Waals surface area contributed by atoms with Gasteiger partial charge in [-0.25, -0.2) is 0 Å². The fourth-order valence-electron chi connectivity index (χ4n) is 1.70. The van der Waals surface area contributed by atoms with Crippen LogP contribution in [0, 0.1) is 6.92 Å². The van der Waals surface area contributed by atoms with E-state index in [0.717, 1.165) is 5.56 Å². The van der Waals surface area contributed by atoms with Crippen molar-refractivity contribution in [3.63, 3.8) is 0 Å². The van der Waals surface area contributed by atoms with Crippen LogP contribution in [-0.2, 0) is 11.2 Å². The highest BCUT2D eigenvalue weighted by atomic mass is 35.5. The van der Waals surface area contributed by atoms with Gasteiger partial charge >= 0.3 is 5.97 Å². The van der Waals surface area contributed by atoms with Crippen LogP contribution in [0.1, 0.15) is 11.1 Å². The van der Waals surface area contributed by atoms with Gasteiger partial charge in [-0.1, -0.05) is 17.7 Å². The number of phenolic OH excluding ortho intramolecular Hbond substituents is 1. The van der Waals surface area contributed by atoms with Crippen LogP contribution < -0.4 is 0 Å². The average molecular weight is 305 g/mol. The van der Waals surface area contributed by atoms with Gasteiger partial charge in [0.1, 0.15) is 5.75 Å². The molecule has 2 rings (SSSR count). The van der Waals surface area contributed by atoms with Crippen molar-refractivity contribution in [3.05, 3.63) is 52.5 Å². The van der Waals surface area contributed by atoms with Crippen molar-refractivity contribution < 1.29 is 15.0 Å². The summed E-state index contributed by atoms with van der Waals surface area (Å²) >= 11 is 6.00. The Morgan fingerprint density at radius 3 is 2.38 bits per heavy atom. The van der Waals surface area contributed by atoms with Crippen molar-refractivity contribution in [1.29, 1.82) is 0 Å². The van der Waals surface area contributed by atoms with Gasteiger partial charge in [0.2, 0.25) is 0 Å². The van der Waals surface area contributed by atoms with Crippen LogP contribution in [0.3, 0.4) is 0 Å². The van der Waals surface area contributed by atoms with E-state index in [4.69, 9.17) is 16.7 Å². The fourth-order valence-corrected chi connectivity index (χ4v) is 1.87. The van der Waals surface area contributed by atoms with E-state index >= 15 is 0 Å². The lowest BCUT2D eigenvalue weighted by molar-refractivity contribution is -0.136. The number of benzene rings is 2. The molecule has 0 saturated heterocycles. The SMILES string of the molecule is Cc1ccc(/N=N/c2ccc(O)c(CC(=O)O)c2)cc1Cl. The molecular formula is C15H13ClN2O3. The van der Waals surface area contributed by atoms with Crippen LogP contribution >= 0.6 is 11.6 Å². The number of phenols is 1. The van der Waals surface area contributed by atoms with Gasteiger partial charge in [0.25, 0.3) is 0 Å². The predicted molar refractivity (Wildman–Crippen MR) is 79.8 cm³/mol. The second-order valence-corrected chi connectivity index (χ2v) is 4.92. The molecule has 0 aliphatic heterocycles. The second-order valence-electron chi connectivity index (χ2n) is 4.52. The van der Waals surface area contributed by atoms with Crippen molar-refractivity contribution in [3.8, 4) is 5.75 Å². The molecule has 0 atom stereocenters. The molecule has 2 N–H and O–H groups in total. The summed E-state index contributed by atoms with van der Waals surface area (Å²) in [7, 11) is 0. The fraction of sp³-hybridized carbons (Fsp3) is 0.133. The van der Waals surface area contributed by atoms with Gasteiger partial charge in [0.05, 0.1) is 17.8 Å². The summed E-state index contributed by atoms with van der Waals surface area (Å²) in [5, 5.41) is 27.0. The molecule has 0 amide bonds. The summed E-state index contributed by atoms with van der Waals surface area (Å²) in [5.41, 5.74) is 2.30. The molecule has 0 unspecified atom stereocenters. The molecule has 21 heavy (non-hydrogen) atoms. The van der Waals surface area contributed by atoms with Crippen LogP contribution in [0.2, 0.25) is 5.02 Å². The van der Waals surface area contributed by atoms with Crippen molar-refractivity contribution in [2.24, 2.45) is 10.2 Å². The minimum atomic E-state index is -1.02. The number of azo groups is 1. The number of hydrogen-bond acceptors (Lipinski definition) is 4. The molecular weight excluding hydrogens is 292 g/mol. The van der Waals surface area contributed by atoms with Crippen molar-refractivity contribution in [2.75, 3.05) is 0 Å². The largest absolute Gasteiger partial charge is 0.508 e. The van der Waals surface area contributed by atoms with Crippen LogP contribution in [-0.4, -0.2) is 16.2 Å². The Bertz CT molecular complexity index is 714. The molecule has 0 aliphatic rings. The van der Waals surface area contributed by atoms with Gasteiger partial charge in [-0.3, -0.25) is 4.79 Å². The molecule has 2 aromatic carbocycles.